The summed E-state index contributed by atoms with van der Waals surface area (Å²) in [7, 11) is 1.39. The number of methoxy groups -OCH3 is 1. The number of ether oxygens (including phenoxy) is 1. The first-order chi connectivity index (χ1) is 10.0. The third-order valence-corrected chi connectivity index (χ3v) is 2.72. The first-order valence-corrected chi connectivity index (χ1v) is 6.22. The summed E-state index contributed by atoms with van der Waals surface area (Å²) in [4.78, 5) is 24.2. The highest BCUT2D eigenvalue weighted by Crippen LogP contribution is 2.25. The molecule has 0 bridgehead atoms. The predicted octanol–water partition coefficient (Wildman–Crippen LogP) is 0.212. The molecule has 4 N–H and O–H groups in total. The molecule has 1 aromatic rings. The van der Waals surface area contributed by atoms with Gasteiger partial charge in [0, 0.05) is 13.1 Å². The number of aliphatic hydroxyl groups excluding tert-OH is 2. The minimum absolute atomic E-state index is 0.00182. The van der Waals surface area contributed by atoms with E-state index in [1.165, 1.54) is 30.2 Å². The van der Waals surface area contributed by atoms with Crippen LogP contribution in [0.3, 0.4) is 0 Å². The Morgan fingerprint density at radius 3 is 2.33 bits per heavy atom. The van der Waals surface area contributed by atoms with Crippen molar-refractivity contribution in [1.29, 1.82) is 0 Å². The van der Waals surface area contributed by atoms with Crippen LogP contribution < -0.4 is 10.1 Å². The van der Waals surface area contributed by atoms with Gasteiger partial charge in [-0.3, -0.25) is 0 Å². The Hall–Kier alpha value is -2.32. The minimum Gasteiger partial charge on any atom is -0.495 e. The van der Waals surface area contributed by atoms with Gasteiger partial charge in [0.2, 0.25) is 0 Å². The number of aliphatic hydroxyl groups is 2. The molecule has 0 aromatic heterocycles. The molecule has 0 spiro atoms. The van der Waals surface area contributed by atoms with Gasteiger partial charge in [-0.25, -0.2) is 9.59 Å². The Balaban J connectivity index is 2.95. The second-order valence-electron chi connectivity index (χ2n) is 4.08. The zero-order valence-electron chi connectivity index (χ0n) is 11.6. The number of urea groups is 1. The lowest BCUT2D eigenvalue weighted by atomic mass is 10.2. The molecule has 8 nitrogen and oxygen atoms in total. The number of aromatic carboxylic acids is 1. The van der Waals surface area contributed by atoms with Gasteiger partial charge in [-0.15, -0.1) is 0 Å². The SMILES string of the molecule is COc1ccc(C(=O)O)cc1NC(=O)N(CCO)CCO. The van der Waals surface area contributed by atoms with Gasteiger partial charge in [0.15, 0.2) is 0 Å². The first kappa shape index (κ1) is 16.7. The van der Waals surface area contributed by atoms with E-state index in [1.807, 2.05) is 0 Å². The number of carboxylic acid groups (broad SMARTS) is 1. The highest BCUT2D eigenvalue weighted by atomic mass is 16.5. The number of rotatable bonds is 7. The van der Waals surface area contributed by atoms with Crippen molar-refractivity contribution in [2.24, 2.45) is 0 Å². The summed E-state index contributed by atoms with van der Waals surface area (Å²) in [6.45, 7) is -0.403. The largest absolute Gasteiger partial charge is 0.495 e. The Morgan fingerprint density at radius 1 is 1.24 bits per heavy atom. The highest BCUT2D eigenvalue weighted by molar-refractivity contribution is 5.94. The quantitative estimate of drug-likeness (QED) is 0.571. The third kappa shape index (κ3) is 4.62. The average molecular weight is 298 g/mol. The van der Waals surface area contributed by atoms with E-state index in [9.17, 15) is 9.59 Å². The second kappa shape index (κ2) is 8.08. The normalized spacial score (nSPS) is 10.0. The topological polar surface area (TPSA) is 119 Å². The Morgan fingerprint density at radius 2 is 1.86 bits per heavy atom. The number of amides is 2. The molecule has 0 unspecified atom stereocenters. The fourth-order valence-corrected chi connectivity index (χ4v) is 1.69. The number of hydrogen-bond donors (Lipinski definition) is 4. The minimum atomic E-state index is -1.13. The fourth-order valence-electron chi connectivity index (χ4n) is 1.69. The predicted molar refractivity (Wildman–Crippen MR) is 74.7 cm³/mol. The van der Waals surface area contributed by atoms with Crippen molar-refractivity contribution in [1.82, 2.24) is 4.90 Å². The van der Waals surface area contributed by atoms with E-state index in [0.717, 1.165) is 0 Å². The van der Waals surface area contributed by atoms with E-state index in [4.69, 9.17) is 20.1 Å². The number of carboxylic acids is 1. The zero-order valence-corrected chi connectivity index (χ0v) is 11.6. The highest BCUT2D eigenvalue weighted by Gasteiger charge is 2.16. The number of hydrogen-bond acceptors (Lipinski definition) is 5. The van der Waals surface area contributed by atoms with Crippen LogP contribution >= 0.6 is 0 Å². The van der Waals surface area contributed by atoms with E-state index in [1.54, 1.807) is 0 Å². The molecule has 1 aromatic carbocycles. The Bertz CT molecular complexity index is 499. The second-order valence-corrected chi connectivity index (χ2v) is 4.08. The number of nitrogens with one attached hydrogen (secondary N) is 1. The smallest absolute Gasteiger partial charge is 0.335 e. The summed E-state index contributed by atoms with van der Waals surface area (Å²) in [5.41, 5.74) is 0.199. The maximum atomic E-state index is 12.0. The van der Waals surface area contributed by atoms with Crippen molar-refractivity contribution in [3.8, 4) is 5.75 Å². The van der Waals surface area contributed by atoms with Gasteiger partial charge in [0.1, 0.15) is 5.75 Å². The van der Waals surface area contributed by atoms with E-state index in [-0.39, 0.29) is 37.6 Å². The molecule has 0 heterocycles. The van der Waals surface area contributed by atoms with Gasteiger partial charge >= 0.3 is 12.0 Å². The average Bonchev–Trinajstić information content (AvgIpc) is 2.46. The summed E-state index contributed by atoms with van der Waals surface area (Å²) in [5.74, 6) is -0.822. The molecule has 0 radical (unpaired) electrons. The van der Waals surface area contributed by atoms with Crippen LogP contribution in [0.15, 0.2) is 18.2 Å². The van der Waals surface area contributed by atoms with Gasteiger partial charge < -0.3 is 30.3 Å². The van der Waals surface area contributed by atoms with Gasteiger partial charge in [0.05, 0.1) is 31.6 Å². The first-order valence-electron chi connectivity index (χ1n) is 6.22. The monoisotopic (exact) mass is 298 g/mol. The molecule has 8 heteroatoms. The maximum Gasteiger partial charge on any atom is 0.335 e. The van der Waals surface area contributed by atoms with Crippen LogP contribution in [0.1, 0.15) is 10.4 Å². The Kier molecular flexibility index (Phi) is 6.44. The van der Waals surface area contributed by atoms with Crippen LogP contribution in [-0.2, 0) is 0 Å². The van der Waals surface area contributed by atoms with Gasteiger partial charge in [-0.1, -0.05) is 0 Å². The lowest BCUT2D eigenvalue weighted by Gasteiger charge is -2.22. The lowest BCUT2D eigenvalue weighted by Crippen LogP contribution is -2.39. The maximum absolute atomic E-state index is 12.0. The van der Waals surface area contributed by atoms with Crippen LogP contribution in [-0.4, -0.2) is 65.6 Å². The van der Waals surface area contributed by atoms with Crippen LogP contribution in [0, 0.1) is 0 Å². The van der Waals surface area contributed by atoms with Crippen LogP contribution in [0.4, 0.5) is 10.5 Å². The van der Waals surface area contributed by atoms with Crippen molar-refractivity contribution in [3.05, 3.63) is 23.8 Å². The molecule has 0 aliphatic heterocycles. The molecule has 2 amide bonds. The molecule has 0 aliphatic carbocycles. The molecule has 0 saturated heterocycles. The summed E-state index contributed by atoms with van der Waals surface area (Å²) in [6, 6.07) is 3.49. The van der Waals surface area contributed by atoms with Crippen LogP contribution in [0.5, 0.6) is 5.75 Å². The third-order valence-electron chi connectivity index (χ3n) is 2.72. The zero-order chi connectivity index (χ0) is 15.8. The summed E-state index contributed by atoms with van der Waals surface area (Å²) in [5, 5.41) is 29.2. The standard InChI is InChI=1S/C13H18N2O6/c1-21-11-3-2-9(12(18)19)8-10(11)14-13(20)15(4-6-16)5-7-17/h2-3,8,16-17H,4-7H2,1H3,(H,14,20)(H,18,19). The van der Waals surface area contributed by atoms with Gasteiger partial charge in [-0.05, 0) is 18.2 Å². The van der Waals surface area contributed by atoms with Crippen molar-refractivity contribution in [2.45, 2.75) is 0 Å². The molecule has 0 aliphatic rings. The van der Waals surface area contributed by atoms with E-state index >= 15 is 0 Å². The molecule has 0 atom stereocenters. The summed E-state index contributed by atoms with van der Waals surface area (Å²) >= 11 is 0. The molecule has 1 rings (SSSR count). The van der Waals surface area contributed by atoms with Crippen molar-refractivity contribution in [3.63, 3.8) is 0 Å². The molecular weight excluding hydrogens is 280 g/mol. The molecule has 0 fully saturated rings. The molecule has 116 valence electrons. The van der Waals surface area contributed by atoms with E-state index in [0.29, 0.717) is 5.75 Å². The number of carbonyl (C=O) groups is 2. The van der Waals surface area contributed by atoms with Gasteiger partial charge in [0.25, 0.3) is 0 Å². The summed E-state index contributed by atoms with van der Waals surface area (Å²) < 4.78 is 5.06. The molecular formula is C13H18N2O6. The van der Waals surface area contributed by atoms with Crippen LogP contribution in [0.25, 0.3) is 0 Å². The molecule has 21 heavy (non-hydrogen) atoms. The summed E-state index contributed by atoms with van der Waals surface area (Å²) in [6.07, 6.45) is 0. The van der Waals surface area contributed by atoms with Crippen molar-refractivity contribution >= 4 is 17.7 Å². The Labute approximate surface area is 121 Å². The molecule has 0 saturated carbocycles. The number of benzene rings is 1. The number of carbonyl (C=O) groups excluding carboxylic acids is 1. The van der Waals surface area contributed by atoms with Crippen molar-refractivity contribution in [2.75, 3.05) is 38.7 Å². The van der Waals surface area contributed by atoms with Gasteiger partial charge in [-0.2, -0.15) is 0 Å². The van der Waals surface area contributed by atoms with E-state index in [2.05, 4.69) is 5.32 Å². The van der Waals surface area contributed by atoms with Crippen LogP contribution in [0.2, 0.25) is 0 Å². The number of nitrogens with zero attached hydrogens (tertiary/aromatic N) is 1. The fraction of sp³-hybridized carbons (Fsp3) is 0.385. The van der Waals surface area contributed by atoms with E-state index < -0.39 is 12.0 Å². The lowest BCUT2D eigenvalue weighted by molar-refractivity contribution is 0.0697. The number of anilines is 1. The van der Waals surface area contributed by atoms with Crippen molar-refractivity contribution < 1.29 is 29.6 Å².